The molecule has 1 aliphatic rings. The highest BCUT2D eigenvalue weighted by molar-refractivity contribution is 5.91. The topological polar surface area (TPSA) is 78.8 Å². The van der Waals surface area contributed by atoms with Crippen LogP contribution >= 0.6 is 0 Å². The van der Waals surface area contributed by atoms with E-state index >= 15 is 0 Å². The summed E-state index contributed by atoms with van der Waals surface area (Å²) in [5.41, 5.74) is 5.85. The Morgan fingerprint density at radius 3 is 2.62 bits per heavy atom. The van der Waals surface area contributed by atoms with Crippen LogP contribution in [0.2, 0.25) is 0 Å². The molecule has 0 radical (unpaired) electrons. The number of carbonyl (C=O) groups excluding carboxylic acids is 1. The van der Waals surface area contributed by atoms with Crippen LogP contribution in [0.5, 0.6) is 0 Å². The zero-order valence-electron chi connectivity index (χ0n) is 15.1. The molecule has 0 bridgehead atoms. The van der Waals surface area contributed by atoms with Crippen LogP contribution in [0.3, 0.4) is 0 Å². The summed E-state index contributed by atoms with van der Waals surface area (Å²) in [7, 11) is 0. The maximum Gasteiger partial charge on any atom is 0.322 e. The third-order valence-corrected chi connectivity index (χ3v) is 4.94. The fourth-order valence-electron chi connectivity index (χ4n) is 3.72. The second-order valence-corrected chi connectivity index (χ2v) is 6.49. The van der Waals surface area contributed by atoms with Crippen molar-refractivity contribution in [2.75, 3.05) is 11.9 Å². The Balaban J connectivity index is 1.83. The number of carbonyl (C=O) groups is 1. The summed E-state index contributed by atoms with van der Waals surface area (Å²) in [6, 6.07) is 0.0323. The molecule has 1 fully saturated rings. The van der Waals surface area contributed by atoms with Gasteiger partial charge in [-0.15, -0.1) is 0 Å². The number of aromatic amines is 1. The van der Waals surface area contributed by atoms with Gasteiger partial charge in [-0.25, -0.2) is 4.79 Å². The number of aromatic nitrogens is 4. The van der Waals surface area contributed by atoms with Crippen LogP contribution in [0.25, 0.3) is 0 Å². The van der Waals surface area contributed by atoms with Crippen molar-refractivity contribution in [2.24, 2.45) is 0 Å². The number of rotatable bonds is 3. The van der Waals surface area contributed by atoms with Crippen LogP contribution < -0.4 is 5.32 Å². The highest BCUT2D eigenvalue weighted by Gasteiger charge is 2.33. The quantitative estimate of drug-likeness (QED) is 0.907. The number of anilines is 1. The first kappa shape index (κ1) is 16.5. The SMILES string of the molecule is CCn1nc(C)c(NC(=O)N2CCCC2c2c(C)n[nH]c2C)c1C. The van der Waals surface area contributed by atoms with Crippen LogP contribution in [0.15, 0.2) is 0 Å². The molecule has 0 saturated carbocycles. The van der Waals surface area contributed by atoms with E-state index in [0.717, 1.165) is 60.0 Å². The highest BCUT2D eigenvalue weighted by atomic mass is 16.2. The maximum absolute atomic E-state index is 12.9. The molecule has 1 unspecified atom stereocenters. The molecule has 7 heteroatoms. The van der Waals surface area contributed by atoms with Crippen molar-refractivity contribution in [3.05, 3.63) is 28.3 Å². The summed E-state index contributed by atoms with van der Waals surface area (Å²) in [5, 5.41) is 14.9. The van der Waals surface area contributed by atoms with E-state index in [-0.39, 0.29) is 12.1 Å². The first-order chi connectivity index (χ1) is 11.4. The normalized spacial score (nSPS) is 17.5. The molecule has 1 saturated heterocycles. The van der Waals surface area contributed by atoms with Crippen LogP contribution in [-0.4, -0.2) is 37.5 Å². The monoisotopic (exact) mass is 330 g/mol. The van der Waals surface area contributed by atoms with Crippen LogP contribution in [0.4, 0.5) is 10.5 Å². The average molecular weight is 330 g/mol. The molecule has 0 spiro atoms. The van der Waals surface area contributed by atoms with Gasteiger partial charge in [-0.3, -0.25) is 9.78 Å². The minimum Gasteiger partial charge on any atom is -0.317 e. The lowest BCUT2D eigenvalue weighted by molar-refractivity contribution is 0.207. The van der Waals surface area contributed by atoms with Crippen LogP contribution in [0.1, 0.15) is 54.1 Å². The number of urea groups is 1. The molecule has 130 valence electrons. The molecule has 7 nitrogen and oxygen atoms in total. The van der Waals surface area contributed by atoms with Gasteiger partial charge in [-0.2, -0.15) is 10.2 Å². The van der Waals surface area contributed by atoms with E-state index < -0.39 is 0 Å². The molecule has 24 heavy (non-hydrogen) atoms. The minimum absolute atomic E-state index is 0.0562. The Morgan fingerprint density at radius 2 is 2.04 bits per heavy atom. The van der Waals surface area contributed by atoms with Crippen LogP contribution in [0, 0.1) is 27.7 Å². The van der Waals surface area contributed by atoms with Gasteiger partial charge < -0.3 is 10.2 Å². The van der Waals surface area contributed by atoms with Crippen molar-refractivity contribution in [1.82, 2.24) is 24.9 Å². The Kier molecular flexibility index (Phi) is 4.34. The van der Waals surface area contributed by atoms with Crippen LogP contribution in [-0.2, 0) is 6.54 Å². The molecule has 1 atom stereocenters. The van der Waals surface area contributed by atoms with Gasteiger partial charge in [0.25, 0.3) is 0 Å². The minimum atomic E-state index is -0.0562. The first-order valence-corrected chi connectivity index (χ1v) is 8.57. The van der Waals surface area contributed by atoms with E-state index in [0.29, 0.717) is 0 Å². The predicted molar refractivity (Wildman–Crippen MR) is 93.1 cm³/mol. The summed E-state index contributed by atoms with van der Waals surface area (Å²) >= 11 is 0. The second-order valence-electron chi connectivity index (χ2n) is 6.49. The van der Waals surface area contributed by atoms with E-state index in [9.17, 15) is 4.79 Å². The fraction of sp³-hybridized carbons (Fsp3) is 0.588. The zero-order valence-corrected chi connectivity index (χ0v) is 15.1. The molecule has 3 heterocycles. The Bertz CT molecular complexity index is 740. The van der Waals surface area contributed by atoms with Crippen molar-refractivity contribution in [1.29, 1.82) is 0 Å². The van der Waals surface area contributed by atoms with Gasteiger partial charge in [-0.05, 0) is 47.5 Å². The molecular weight excluding hydrogens is 304 g/mol. The molecule has 2 aromatic heterocycles. The Morgan fingerprint density at radius 1 is 1.29 bits per heavy atom. The molecule has 2 amide bonds. The number of nitrogens with zero attached hydrogens (tertiary/aromatic N) is 4. The third-order valence-electron chi connectivity index (χ3n) is 4.94. The maximum atomic E-state index is 12.9. The molecule has 2 N–H and O–H groups in total. The average Bonchev–Trinajstić information content (AvgIpc) is 3.21. The van der Waals surface area contributed by atoms with Crippen molar-refractivity contribution in [2.45, 2.75) is 60.0 Å². The Labute approximate surface area is 142 Å². The van der Waals surface area contributed by atoms with Gasteiger partial charge in [0.1, 0.15) is 0 Å². The van der Waals surface area contributed by atoms with Crippen molar-refractivity contribution in [3.63, 3.8) is 0 Å². The van der Waals surface area contributed by atoms with E-state index in [1.165, 1.54) is 0 Å². The standard InChI is InChI=1S/C17H26N6O/c1-6-23-13(5)16(12(4)21-23)18-17(24)22-9-7-8-14(22)15-10(2)19-20-11(15)3/h14H,6-9H2,1-5H3,(H,18,24)(H,19,20). The number of H-pyrrole nitrogens is 1. The van der Waals surface area contributed by atoms with Gasteiger partial charge >= 0.3 is 6.03 Å². The summed E-state index contributed by atoms with van der Waals surface area (Å²) in [5.74, 6) is 0. The molecular formula is C17H26N6O. The highest BCUT2D eigenvalue weighted by Crippen LogP contribution is 2.35. The summed E-state index contributed by atoms with van der Waals surface area (Å²) in [4.78, 5) is 14.8. The predicted octanol–water partition coefficient (Wildman–Crippen LogP) is 3.23. The largest absolute Gasteiger partial charge is 0.322 e. The number of nitrogens with one attached hydrogen (secondary N) is 2. The summed E-state index contributed by atoms with van der Waals surface area (Å²) < 4.78 is 1.91. The van der Waals surface area contributed by atoms with Crippen molar-refractivity contribution >= 4 is 11.7 Å². The lowest BCUT2D eigenvalue weighted by atomic mass is 10.0. The van der Waals surface area contributed by atoms with Gasteiger partial charge in [0, 0.05) is 24.3 Å². The van der Waals surface area contributed by atoms with Gasteiger partial charge in [0.15, 0.2) is 0 Å². The van der Waals surface area contributed by atoms with E-state index in [1.807, 2.05) is 44.2 Å². The number of aryl methyl sites for hydroxylation is 4. The third kappa shape index (κ3) is 2.68. The lowest BCUT2D eigenvalue weighted by Gasteiger charge is -2.25. The fourth-order valence-corrected chi connectivity index (χ4v) is 3.72. The Hall–Kier alpha value is -2.31. The van der Waals surface area contributed by atoms with Gasteiger partial charge in [0.05, 0.1) is 28.8 Å². The zero-order chi connectivity index (χ0) is 17.4. The van der Waals surface area contributed by atoms with E-state index in [2.05, 4.69) is 20.6 Å². The number of amides is 2. The van der Waals surface area contributed by atoms with Gasteiger partial charge in [-0.1, -0.05) is 0 Å². The van der Waals surface area contributed by atoms with Crippen molar-refractivity contribution in [3.8, 4) is 0 Å². The number of hydrogen-bond donors (Lipinski definition) is 2. The lowest BCUT2D eigenvalue weighted by Crippen LogP contribution is -2.35. The second kappa shape index (κ2) is 6.30. The van der Waals surface area contributed by atoms with E-state index in [4.69, 9.17) is 0 Å². The smallest absolute Gasteiger partial charge is 0.317 e. The summed E-state index contributed by atoms with van der Waals surface area (Å²) in [6.07, 6.45) is 1.98. The van der Waals surface area contributed by atoms with Gasteiger partial charge in [0.2, 0.25) is 0 Å². The molecule has 3 rings (SSSR count). The molecule has 0 aromatic carbocycles. The summed E-state index contributed by atoms with van der Waals surface area (Å²) in [6.45, 7) is 11.5. The first-order valence-electron chi connectivity index (χ1n) is 8.57. The van der Waals surface area contributed by atoms with Crippen molar-refractivity contribution < 1.29 is 4.79 Å². The number of hydrogen-bond acceptors (Lipinski definition) is 3. The molecule has 2 aromatic rings. The number of likely N-dealkylation sites (tertiary alicyclic amines) is 1. The molecule has 0 aliphatic carbocycles. The molecule has 1 aliphatic heterocycles. The van der Waals surface area contributed by atoms with E-state index in [1.54, 1.807) is 0 Å².